The zero-order chi connectivity index (χ0) is 16.4. The molecule has 0 bridgehead atoms. The van der Waals surface area contributed by atoms with E-state index in [2.05, 4.69) is 15.4 Å². The zero-order valence-electron chi connectivity index (χ0n) is 12.6. The maximum absolute atomic E-state index is 12.2. The number of ether oxygens (including phenoxy) is 1. The predicted molar refractivity (Wildman–Crippen MR) is 86.9 cm³/mol. The molecule has 23 heavy (non-hydrogen) atoms. The van der Waals surface area contributed by atoms with Crippen LogP contribution in [-0.4, -0.2) is 32.3 Å². The van der Waals surface area contributed by atoms with E-state index in [0.717, 1.165) is 0 Å². The lowest BCUT2D eigenvalue weighted by atomic mass is 10.3. The average molecular weight is 333 g/mol. The van der Waals surface area contributed by atoms with Gasteiger partial charge in [-0.15, -0.1) is 16.4 Å². The van der Waals surface area contributed by atoms with E-state index < -0.39 is 0 Å². The second kappa shape index (κ2) is 6.21. The monoisotopic (exact) mass is 333 g/mol. The summed E-state index contributed by atoms with van der Waals surface area (Å²) >= 11 is 1.42. The minimum absolute atomic E-state index is 0.133. The second-order valence-electron chi connectivity index (χ2n) is 4.88. The van der Waals surface area contributed by atoms with E-state index in [4.69, 9.17) is 4.74 Å². The summed E-state index contributed by atoms with van der Waals surface area (Å²) in [6.45, 7) is 0.262. The molecule has 1 amide bonds. The Kier molecular flexibility index (Phi) is 4.11. The number of anilines is 1. The first-order chi connectivity index (χ1) is 11.1. The molecule has 0 aliphatic heterocycles. The van der Waals surface area contributed by atoms with E-state index in [1.54, 1.807) is 19.2 Å². The van der Waals surface area contributed by atoms with Gasteiger partial charge >= 0.3 is 0 Å². The number of nitrogens with zero attached hydrogens (tertiary/aromatic N) is 4. The fourth-order valence-corrected chi connectivity index (χ4v) is 2.86. The van der Waals surface area contributed by atoms with Crippen molar-refractivity contribution < 1.29 is 9.53 Å². The van der Waals surface area contributed by atoms with Gasteiger partial charge in [-0.05, 0) is 11.4 Å². The molecule has 8 nitrogen and oxygen atoms in total. The first kappa shape index (κ1) is 15.2. The van der Waals surface area contributed by atoms with Crippen molar-refractivity contribution in [2.24, 2.45) is 7.05 Å². The first-order valence-corrected chi connectivity index (χ1v) is 7.77. The number of aryl methyl sites for hydroxylation is 2. The minimum Gasteiger partial charge on any atom is -0.480 e. The van der Waals surface area contributed by atoms with Crippen LogP contribution in [0.5, 0.6) is 5.88 Å². The van der Waals surface area contributed by atoms with Gasteiger partial charge < -0.3 is 10.1 Å². The lowest BCUT2D eigenvalue weighted by Crippen LogP contribution is -2.23. The largest absolute Gasteiger partial charge is 0.480 e. The predicted octanol–water partition coefficient (Wildman–Crippen LogP) is 1.23. The van der Waals surface area contributed by atoms with Crippen molar-refractivity contribution in [3.63, 3.8) is 0 Å². The lowest BCUT2D eigenvalue weighted by molar-refractivity contribution is -0.116. The highest BCUT2D eigenvalue weighted by molar-refractivity contribution is 7.16. The Labute approximate surface area is 135 Å². The van der Waals surface area contributed by atoms with Crippen LogP contribution in [-0.2, 0) is 18.4 Å². The third-order valence-electron chi connectivity index (χ3n) is 3.36. The molecule has 0 radical (unpaired) electrons. The molecule has 3 heterocycles. The number of methoxy groups -OCH3 is 1. The molecule has 0 unspecified atom stereocenters. The Balaban J connectivity index is 1.67. The molecule has 0 aliphatic carbocycles. The van der Waals surface area contributed by atoms with Crippen LogP contribution in [0.15, 0.2) is 28.6 Å². The number of amides is 1. The number of hydrogen-bond acceptors (Lipinski definition) is 6. The number of rotatable bonds is 5. The first-order valence-electron chi connectivity index (χ1n) is 6.89. The van der Waals surface area contributed by atoms with Crippen LogP contribution in [0.1, 0.15) is 6.42 Å². The van der Waals surface area contributed by atoms with Crippen LogP contribution < -0.4 is 15.6 Å². The van der Waals surface area contributed by atoms with Crippen molar-refractivity contribution in [2.45, 2.75) is 13.0 Å². The van der Waals surface area contributed by atoms with Gasteiger partial charge in [0.15, 0.2) is 0 Å². The van der Waals surface area contributed by atoms with Gasteiger partial charge in [-0.25, -0.2) is 9.67 Å². The van der Waals surface area contributed by atoms with Crippen molar-refractivity contribution in [3.8, 4) is 5.88 Å². The molecule has 0 spiro atoms. The highest BCUT2D eigenvalue weighted by atomic mass is 32.1. The molecule has 0 atom stereocenters. The summed E-state index contributed by atoms with van der Waals surface area (Å²) in [7, 11) is 3.21. The Morgan fingerprint density at radius 2 is 2.30 bits per heavy atom. The highest BCUT2D eigenvalue weighted by Gasteiger charge is 2.10. The Bertz CT molecular complexity index is 911. The van der Waals surface area contributed by atoms with Crippen LogP contribution in [0.3, 0.4) is 0 Å². The summed E-state index contributed by atoms with van der Waals surface area (Å²) < 4.78 is 7.96. The number of nitrogens with one attached hydrogen (secondary N) is 1. The van der Waals surface area contributed by atoms with Gasteiger partial charge in [0.1, 0.15) is 10.6 Å². The molecule has 0 fully saturated rings. The molecule has 0 aliphatic rings. The molecular weight excluding hydrogens is 318 g/mol. The van der Waals surface area contributed by atoms with Gasteiger partial charge in [-0.2, -0.15) is 0 Å². The maximum atomic E-state index is 12.2. The standard InChI is InChI=1S/C14H15N5O3S/c1-18-10(7-12(17-18)22-2)16-11(20)3-5-19-8-15-13-9(14(19)21)4-6-23-13/h4,6-8H,3,5H2,1-2H3,(H,16,20). The summed E-state index contributed by atoms with van der Waals surface area (Å²) in [5.41, 5.74) is -0.133. The maximum Gasteiger partial charge on any atom is 0.262 e. The van der Waals surface area contributed by atoms with Crippen molar-refractivity contribution in [3.05, 3.63) is 34.2 Å². The van der Waals surface area contributed by atoms with Gasteiger partial charge in [-0.3, -0.25) is 14.2 Å². The van der Waals surface area contributed by atoms with Gasteiger partial charge in [0, 0.05) is 26.1 Å². The molecule has 3 aromatic rings. The van der Waals surface area contributed by atoms with Gasteiger partial charge in [0.25, 0.3) is 5.56 Å². The van der Waals surface area contributed by atoms with E-state index in [9.17, 15) is 9.59 Å². The molecule has 1 N–H and O–H groups in total. The average Bonchev–Trinajstić information content (AvgIpc) is 3.14. The SMILES string of the molecule is COc1cc(NC(=O)CCn2cnc3sccc3c2=O)n(C)n1. The van der Waals surface area contributed by atoms with Gasteiger partial charge in [0.05, 0.1) is 18.8 Å². The van der Waals surface area contributed by atoms with Gasteiger partial charge in [-0.1, -0.05) is 0 Å². The summed E-state index contributed by atoms with van der Waals surface area (Å²) in [5.74, 6) is 0.740. The minimum atomic E-state index is -0.215. The lowest BCUT2D eigenvalue weighted by Gasteiger charge is -2.06. The van der Waals surface area contributed by atoms with E-state index in [1.165, 1.54) is 34.0 Å². The molecule has 0 saturated carbocycles. The Morgan fingerprint density at radius 1 is 1.48 bits per heavy atom. The normalized spacial score (nSPS) is 10.9. The van der Waals surface area contributed by atoms with E-state index in [-0.39, 0.29) is 24.4 Å². The Hall–Kier alpha value is -2.68. The van der Waals surface area contributed by atoms with Crippen LogP contribution >= 0.6 is 11.3 Å². The summed E-state index contributed by atoms with van der Waals surface area (Å²) in [4.78, 5) is 29.2. The van der Waals surface area contributed by atoms with Crippen molar-refractivity contribution >= 4 is 33.3 Å². The molecule has 3 aromatic heterocycles. The quantitative estimate of drug-likeness (QED) is 0.758. The molecule has 0 saturated heterocycles. The number of carbonyl (C=O) groups excluding carboxylic acids is 1. The fraction of sp³-hybridized carbons (Fsp3) is 0.286. The molecular formula is C14H15N5O3S. The number of fused-ring (bicyclic) bond motifs is 1. The topological polar surface area (TPSA) is 91.0 Å². The summed E-state index contributed by atoms with van der Waals surface area (Å²) in [6, 6.07) is 3.37. The fourth-order valence-electron chi connectivity index (χ4n) is 2.14. The van der Waals surface area contributed by atoms with Crippen LogP contribution in [0.2, 0.25) is 0 Å². The second-order valence-corrected chi connectivity index (χ2v) is 5.77. The smallest absolute Gasteiger partial charge is 0.262 e. The third kappa shape index (κ3) is 3.09. The van der Waals surface area contributed by atoms with Crippen LogP contribution in [0.25, 0.3) is 10.2 Å². The van der Waals surface area contributed by atoms with Crippen LogP contribution in [0.4, 0.5) is 5.82 Å². The van der Waals surface area contributed by atoms with Gasteiger partial charge in [0.2, 0.25) is 11.8 Å². The Morgan fingerprint density at radius 3 is 3.04 bits per heavy atom. The number of aromatic nitrogens is 4. The third-order valence-corrected chi connectivity index (χ3v) is 4.18. The zero-order valence-corrected chi connectivity index (χ0v) is 13.5. The van der Waals surface area contributed by atoms with Crippen molar-refractivity contribution in [1.82, 2.24) is 19.3 Å². The van der Waals surface area contributed by atoms with E-state index >= 15 is 0 Å². The van der Waals surface area contributed by atoms with E-state index in [0.29, 0.717) is 21.9 Å². The van der Waals surface area contributed by atoms with Crippen molar-refractivity contribution in [2.75, 3.05) is 12.4 Å². The number of hydrogen-bond donors (Lipinski definition) is 1. The van der Waals surface area contributed by atoms with E-state index in [1.807, 2.05) is 5.38 Å². The molecule has 0 aromatic carbocycles. The molecule has 120 valence electrons. The summed E-state index contributed by atoms with van der Waals surface area (Å²) in [6.07, 6.45) is 1.63. The van der Waals surface area contributed by atoms with Crippen LogP contribution in [0, 0.1) is 0 Å². The highest BCUT2D eigenvalue weighted by Crippen LogP contribution is 2.15. The van der Waals surface area contributed by atoms with Crippen molar-refractivity contribution in [1.29, 1.82) is 0 Å². The number of thiophene rings is 1. The molecule has 9 heteroatoms. The number of carbonyl (C=O) groups is 1. The summed E-state index contributed by atoms with van der Waals surface area (Å²) in [5, 5.41) is 9.20. The molecule has 3 rings (SSSR count).